The number of benzene rings is 4. The van der Waals surface area contributed by atoms with Crippen LogP contribution in [0.3, 0.4) is 0 Å². The molecule has 0 radical (unpaired) electrons. The molecule has 3 N–H and O–H groups in total. The molecule has 42 heavy (non-hydrogen) atoms. The zero-order valence-corrected chi connectivity index (χ0v) is 23.1. The van der Waals surface area contributed by atoms with E-state index < -0.39 is 6.04 Å². The fourth-order valence-corrected chi connectivity index (χ4v) is 5.70. The molecule has 4 aromatic carbocycles. The summed E-state index contributed by atoms with van der Waals surface area (Å²) in [6.45, 7) is 0.310. The number of carbonyl (C=O) groups is 3. The minimum Gasteiger partial charge on any atom is -0.354 e. The van der Waals surface area contributed by atoms with Crippen LogP contribution in [-0.4, -0.2) is 41.8 Å². The van der Waals surface area contributed by atoms with Crippen LogP contribution in [0.2, 0.25) is 0 Å². The molecule has 0 bridgehead atoms. The highest BCUT2D eigenvalue weighted by Gasteiger charge is 2.39. The summed E-state index contributed by atoms with van der Waals surface area (Å²) in [6.07, 6.45) is 1.21. The van der Waals surface area contributed by atoms with E-state index in [4.69, 9.17) is 0 Å². The molecule has 6 rings (SSSR count). The second kappa shape index (κ2) is 12.1. The van der Waals surface area contributed by atoms with Gasteiger partial charge in [0.1, 0.15) is 18.3 Å². The van der Waals surface area contributed by atoms with E-state index in [1.165, 1.54) is 4.90 Å². The van der Waals surface area contributed by atoms with Gasteiger partial charge in [-0.1, -0.05) is 97.1 Å². The Labute approximate surface area is 244 Å². The van der Waals surface area contributed by atoms with Crippen LogP contribution in [0, 0.1) is 0 Å². The van der Waals surface area contributed by atoms with Crippen LogP contribution in [0.5, 0.6) is 0 Å². The number of aromatic amines is 1. The van der Waals surface area contributed by atoms with Crippen molar-refractivity contribution in [3.63, 3.8) is 0 Å². The SMILES string of the molecule is O=C(CN1C(=O)[C@@H](NC(=O)c2cc3ccccc3[nH]2)[C@H](c2ccccc2)Cc2ccccc21)NCCc1ccccc1. The molecule has 5 aromatic rings. The van der Waals surface area contributed by atoms with Crippen LogP contribution in [0.15, 0.2) is 115 Å². The Morgan fingerprint density at radius 3 is 2.31 bits per heavy atom. The average Bonchev–Trinajstić information content (AvgIpc) is 3.43. The number of hydrogen-bond acceptors (Lipinski definition) is 3. The van der Waals surface area contributed by atoms with Crippen LogP contribution in [0.1, 0.15) is 33.1 Å². The van der Waals surface area contributed by atoms with E-state index in [0.29, 0.717) is 30.8 Å². The lowest BCUT2D eigenvalue weighted by Gasteiger charge is -2.29. The van der Waals surface area contributed by atoms with E-state index in [-0.39, 0.29) is 30.2 Å². The van der Waals surface area contributed by atoms with Crippen molar-refractivity contribution in [2.75, 3.05) is 18.0 Å². The smallest absolute Gasteiger partial charge is 0.268 e. The number of para-hydroxylation sites is 2. The molecule has 210 valence electrons. The van der Waals surface area contributed by atoms with E-state index in [1.807, 2.05) is 109 Å². The largest absolute Gasteiger partial charge is 0.354 e. The van der Waals surface area contributed by atoms with Gasteiger partial charge in [-0.25, -0.2) is 0 Å². The number of hydrogen-bond donors (Lipinski definition) is 3. The van der Waals surface area contributed by atoms with E-state index in [1.54, 1.807) is 6.07 Å². The summed E-state index contributed by atoms with van der Waals surface area (Å²) in [5, 5.41) is 6.92. The number of rotatable bonds is 8. The first-order chi connectivity index (χ1) is 20.6. The van der Waals surface area contributed by atoms with Crippen molar-refractivity contribution in [2.45, 2.75) is 24.8 Å². The molecule has 0 aliphatic carbocycles. The van der Waals surface area contributed by atoms with Crippen LogP contribution in [0.4, 0.5) is 5.69 Å². The molecule has 2 atom stereocenters. The Morgan fingerprint density at radius 1 is 0.833 bits per heavy atom. The molecular weight excluding hydrogens is 524 g/mol. The summed E-state index contributed by atoms with van der Waals surface area (Å²) in [5.41, 5.74) is 4.91. The third-order valence-corrected chi connectivity index (χ3v) is 7.83. The zero-order valence-electron chi connectivity index (χ0n) is 23.1. The molecule has 7 heteroatoms. The second-order valence-electron chi connectivity index (χ2n) is 10.6. The van der Waals surface area contributed by atoms with Gasteiger partial charge >= 0.3 is 0 Å². The van der Waals surface area contributed by atoms with Crippen LogP contribution >= 0.6 is 0 Å². The van der Waals surface area contributed by atoms with Crippen molar-refractivity contribution in [2.24, 2.45) is 0 Å². The summed E-state index contributed by atoms with van der Waals surface area (Å²) in [4.78, 5) is 45.8. The normalized spacial score (nSPS) is 16.5. The van der Waals surface area contributed by atoms with E-state index in [2.05, 4.69) is 15.6 Å². The number of nitrogens with one attached hydrogen (secondary N) is 3. The number of aromatic nitrogens is 1. The van der Waals surface area contributed by atoms with Crippen molar-refractivity contribution in [3.8, 4) is 0 Å². The maximum atomic E-state index is 14.4. The number of carbonyl (C=O) groups excluding carboxylic acids is 3. The second-order valence-corrected chi connectivity index (χ2v) is 10.6. The monoisotopic (exact) mass is 556 g/mol. The number of nitrogens with zero attached hydrogens (tertiary/aromatic N) is 1. The van der Waals surface area contributed by atoms with Gasteiger partial charge in [-0.2, -0.15) is 0 Å². The van der Waals surface area contributed by atoms with Gasteiger partial charge in [0.05, 0.1) is 0 Å². The van der Waals surface area contributed by atoms with Crippen molar-refractivity contribution >= 4 is 34.3 Å². The summed E-state index contributed by atoms with van der Waals surface area (Å²) in [5.74, 6) is -1.28. The first-order valence-corrected chi connectivity index (χ1v) is 14.2. The third-order valence-electron chi connectivity index (χ3n) is 7.83. The molecule has 1 aliphatic heterocycles. The van der Waals surface area contributed by atoms with Gasteiger partial charge in [0.25, 0.3) is 11.8 Å². The number of H-pyrrole nitrogens is 1. The van der Waals surface area contributed by atoms with Crippen molar-refractivity contribution in [1.82, 2.24) is 15.6 Å². The van der Waals surface area contributed by atoms with Crippen molar-refractivity contribution in [3.05, 3.63) is 138 Å². The van der Waals surface area contributed by atoms with Crippen LogP contribution < -0.4 is 15.5 Å². The number of amides is 3. The summed E-state index contributed by atoms with van der Waals surface area (Å²) in [7, 11) is 0. The lowest BCUT2D eigenvalue weighted by molar-refractivity contribution is -0.124. The molecule has 7 nitrogen and oxygen atoms in total. The van der Waals surface area contributed by atoms with Crippen molar-refractivity contribution in [1.29, 1.82) is 0 Å². The van der Waals surface area contributed by atoms with Crippen molar-refractivity contribution < 1.29 is 14.4 Å². The standard InChI is InChI=1S/C35H32N4O3/c40-32(36-20-19-24-11-3-1-4-12-24)23-39-31-18-10-8-16-27(31)21-28(25-13-5-2-6-14-25)33(35(39)42)38-34(41)30-22-26-15-7-9-17-29(26)37-30/h1-18,22,28,33,37H,19-21,23H2,(H,36,40)(H,38,41)/t28-,33-/m0/s1. The van der Waals surface area contributed by atoms with E-state index in [9.17, 15) is 14.4 Å². The van der Waals surface area contributed by atoms with E-state index in [0.717, 1.165) is 27.6 Å². The minimum absolute atomic E-state index is 0.148. The summed E-state index contributed by atoms with van der Waals surface area (Å²) in [6, 6.07) is 35.9. The fraction of sp³-hybridized carbons (Fsp3) is 0.171. The predicted octanol–water partition coefficient (Wildman–Crippen LogP) is 5.00. The highest BCUT2D eigenvalue weighted by atomic mass is 16.2. The fourth-order valence-electron chi connectivity index (χ4n) is 5.70. The molecule has 0 saturated heterocycles. The van der Waals surface area contributed by atoms with Gasteiger partial charge in [-0.15, -0.1) is 0 Å². The maximum absolute atomic E-state index is 14.4. The first kappa shape index (κ1) is 27.0. The summed E-state index contributed by atoms with van der Waals surface area (Å²) < 4.78 is 0. The van der Waals surface area contributed by atoms with Gasteiger partial charge in [0.15, 0.2) is 0 Å². The van der Waals surface area contributed by atoms with Crippen LogP contribution in [-0.2, 0) is 22.4 Å². The first-order valence-electron chi connectivity index (χ1n) is 14.2. The molecule has 1 aliphatic rings. The Balaban J connectivity index is 1.29. The topological polar surface area (TPSA) is 94.3 Å². The highest BCUT2D eigenvalue weighted by Crippen LogP contribution is 2.35. The Kier molecular flexibility index (Phi) is 7.81. The molecule has 1 aromatic heterocycles. The molecule has 0 unspecified atom stereocenters. The number of anilines is 1. The van der Waals surface area contributed by atoms with Gasteiger partial charge in [-0.05, 0) is 47.7 Å². The quantitative estimate of drug-likeness (QED) is 0.251. The Hall–Kier alpha value is -5.17. The molecule has 0 saturated carbocycles. The molecule has 3 amide bonds. The van der Waals surface area contributed by atoms with Crippen LogP contribution in [0.25, 0.3) is 10.9 Å². The molecule has 0 spiro atoms. The van der Waals surface area contributed by atoms with Gasteiger partial charge in [0.2, 0.25) is 5.91 Å². The molecule has 0 fully saturated rings. The molecule has 2 heterocycles. The third kappa shape index (κ3) is 5.81. The highest BCUT2D eigenvalue weighted by molar-refractivity contribution is 6.06. The maximum Gasteiger partial charge on any atom is 0.268 e. The lowest BCUT2D eigenvalue weighted by Crippen LogP contribution is -2.53. The minimum atomic E-state index is -0.893. The average molecular weight is 557 g/mol. The van der Waals surface area contributed by atoms with Gasteiger partial charge in [0, 0.05) is 29.1 Å². The van der Waals surface area contributed by atoms with Gasteiger partial charge in [-0.3, -0.25) is 14.4 Å². The van der Waals surface area contributed by atoms with E-state index >= 15 is 0 Å². The molecular formula is C35H32N4O3. The van der Waals surface area contributed by atoms with Gasteiger partial charge < -0.3 is 20.5 Å². The summed E-state index contributed by atoms with van der Waals surface area (Å²) >= 11 is 0. The Morgan fingerprint density at radius 2 is 1.52 bits per heavy atom. The predicted molar refractivity (Wildman–Crippen MR) is 164 cm³/mol. The lowest BCUT2D eigenvalue weighted by atomic mass is 9.86. The number of fused-ring (bicyclic) bond motifs is 2. The Bertz CT molecular complexity index is 1680. The zero-order chi connectivity index (χ0) is 28.9.